The summed E-state index contributed by atoms with van der Waals surface area (Å²) in [6.07, 6.45) is 0. The lowest BCUT2D eigenvalue weighted by atomic mass is 9.87. The first-order valence-electron chi connectivity index (χ1n) is 8.95. The highest BCUT2D eigenvalue weighted by Crippen LogP contribution is 2.46. The van der Waals surface area contributed by atoms with E-state index in [2.05, 4.69) is 5.32 Å². The first-order valence-corrected chi connectivity index (χ1v) is 8.95. The van der Waals surface area contributed by atoms with Gasteiger partial charge in [0.15, 0.2) is 0 Å². The van der Waals surface area contributed by atoms with Crippen LogP contribution in [0, 0.1) is 6.92 Å². The molecule has 0 saturated carbocycles. The lowest BCUT2D eigenvalue weighted by Crippen LogP contribution is -2.41. The number of carbonyl (C=O) groups is 2. The SMILES string of the molecule is CC(=O)Nc1ccc(C2(Oc3ccccc3C)C(=O)Oc3ccccc32)cc1. The van der Waals surface area contributed by atoms with Gasteiger partial charge < -0.3 is 14.8 Å². The number of hydrogen-bond acceptors (Lipinski definition) is 4. The second kappa shape index (κ2) is 6.85. The molecule has 1 aliphatic rings. The van der Waals surface area contributed by atoms with E-state index in [-0.39, 0.29) is 5.91 Å². The number of amides is 1. The maximum absolute atomic E-state index is 13.1. The molecule has 0 aromatic heterocycles. The zero-order valence-corrected chi connectivity index (χ0v) is 15.6. The van der Waals surface area contributed by atoms with Crippen molar-refractivity contribution in [1.82, 2.24) is 0 Å². The highest BCUT2D eigenvalue weighted by Gasteiger charge is 2.53. The number of para-hydroxylation sites is 2. The predicted molar refractivity (Wildman–Crippen MR) is 105 cm³/mol. The second-order valence-corrected chi connectivity index (χ2v) is 6.69. The van der Waals surface area contributed by atoms with Gasteiger partial charge in [-0.15, -0.1) is 0 Å². The highest BCUT2D eigenvalue weighted by atomic mass is 16.6. The molecule has 0 radical (unpaired) electrons. The van der Waals surface area contributed by atoms with E-state index >= 15 is 0 Å². The topological polar surface area (TPSA) is 64.6 Å². The van der Waals surface area contributed by atoms with Gasteiger partial charge in [0.2, 0.25) is 5.91 Å². The number of anilines is 1. The predicted octanol–water partition coefficient (Wildman–Crippen LogP) is 4.20. The molecule has 3 aromatic rings. The Morgan fingerprint density at radius 1 is 0.964 bits per heavy atom. The summed E-state index contributed by atoms with van der Waals surface area (Å²) in [6.45, 7) is 3.37. The molecule has 0 bridgehead atoms. The second-order valence-electron chi connectivity index (χ2n) is 6.69. The molecule has 1 N–H and O–H groups in total. The maximum Gasteiger partial charge on any atom is 0.365 e. The van der Waals surface area contributed by atoms with Crippen LogP contribution in [0.5, 0.6) is 11.5 Å². The summed E-state index contributed by atoms with van der Waals surface area (Å²) < 4.78 is 11.9. The van der Waals surface area contributed by atoms with Crippen molar-refractivity contribution in [3.8, 4) is 11.5 Å². The van der Waals surface area contributed by atoms with Crippen LogP contribution < -0.4 is 14.8 Å². The smallest absolute Gasteiger partial charge is 0.365 e. The number of hydrogen-bond donors (Lipinski definition) is 1. The summed E-state index contributed by atoms with van der Waals surface area (Å²) in [4.78, 5) is 24.4. The summed E-state index contributed by atoms with van der Waals surface area (Å²) in [5.41, 5.74) is 1.41. The van der Waals surface area contributed by atoms with Gasteiger partial charge in [-0.25, -0.2) is 4.79 Å². The molecule has 5 nitrogen and oxygen atoms in total. The number of aryl methyl sites for hydroxylation is 1. The first kappa shape index (κ1) is 17.8. The maximum atomic E-state index is 13.1. The van der Waals surface area contributed by atoms with E-state index in [1.165, 1.54) is 6.92 Å². The van der Waals surface area contributed by atoms with Crippen LogP contribution in [0.4, 0.5) is 5.69 Å². The van der Waals surface area contributed by atoms with Crippen molar-refractivity contribution in [1.29, 1.82) is 0 Å². The Bertz CT molecular complexity index is 1060. The van der Waals surface area contributed by atoms with Gasteiger partial charge in [0, 0.05) is 18.2 Å². The summed E-state index contributed by atoms with van der Waals surface area (Å²) in [5.74, 6) is 0.419. The number of ether oxygens (including phenoxy) is 2. The molecule has 0 saturated heterocycles. The van der Waals surface area contributed by atoms with Crippen molar-refractivity contribution >= 4 is 17.6 Å². The Morgan fingerprint density at radius 2 is 1.64 bits per heavy atom. The zero-order valence-electron chi connectivity index (χ0n) is 15.6. The third-order valence-corrected chi connectivity index (χ3v) is 4.72. The summed E-state index contributed by atoms with van der Waals surface area (Å²) >= 11 is 0. The van der Waals surface area contributed by atoms with Gasteiger partial charge in [-0.2, -0.15) is 0 Å². The van der Waals surface area contributed by atoms with Crippen molar-refractivity contribution in [2.24, 2.45) is 0 Å². The minimum Gasteiger partial charge on any atom is -0.465 e. The Kier molecular flexibility index (Phi) is 4.35. The molecule has 0 fully saturated rings. The average Bonchev–Trinajstić information content (AvgIpc) is 2.96. The molecule has 5 heteroatoms. The highest BCUT2D eigenvalue weighted by molar-refractivity contribution is 5.93. The lowest BCUT2D eigenvalue weighted by molar-refractivity contribution is -0.145. The number of esters is 1. The van der Waals surface area contributed by atoms with Crippen LogP contribution in [0.25, 0.3) is 0 Å². The molecule has 1 heterocycles. The van der Waals surface area contributed by atoms with Crippen LogP contribution in [0.3, 0.4) is 0 Å². The minimum atomic E-state index is -1.42. The van der Waals surface area contributed by atoms with Crippen molar-refractivity contribution in [2.75, 3.05) is 5.32 Å². The minimum absolute atomic E-state index is 0.163. The van der Waals surface area contributed by atoms with Crippen LogP contribution in [0.1, 0.15) is 23.6 Å². The van der Waals surface area contributed by atoms with Crippen LogP contribution in [0.15, 0.2) is 72.8 Å². The first-order chi connectivity index (χ1) is 13.5. The van der Waals surface area contributed by atoms with Gasteiger partial charge in [-0.1, -0.05) is 48.5 Å². The van der Waals surface area contributed by atoms with Crippen LogP contribution in [-0.2, 0) is 15.2 Å². The molecule has 4 rings (SSSR count). The molecule has 28 heavy (non-hydrogen) atoms. The van der Waals surface area contributed by atoms with Crippen molar-refractivity contribution < 1.29 is 19.1 Å². The van der Waals surface area contributed by atoms with E-state index in [1.54, 1.807) is 30.3 Å². The fourth-order valence-electron chi connectivity index (χ4n) is 3.38. The fourth-order valence-corrected chi connectivity index (χ4v) is 3.38. The van der Waals surface area contributed by atoms with Gasteiger partial charge in [0.25, 0.3) is 5.60 Å². The third kappa shape index (κ3) is 2.91. The number of nitrogens with one attached hydrogen (secondary N) is 1. The van der Waals surface area contributed by atoms with E-state index in [0.29, 0.717) is 28.3 Å². The summed E-state index contributed by atoms with van der Waals surface area (Å²) in [6, 6.07) is 21.8. The van der Waals surface area contributed by atoms with E-state index in [0.717, 1.165) is 5.56 Å². The third-order valence-electron chi connectivity index (χ3n) is 4.72. The number of benzene rings is 3. The van der Waals surface area contributed by atoms with E-state index < -0.39 is 11.6 Å². The van der Waals surface area contributed by atoms with E-state index in [9.17, 15) is 9.59 Å². The van der Waals surface area contributed by atoms with E-state index in [1.807, 2.05) is 49.4 Å². The van der Waals surface area contributed by atoms with Crippen molar-refractivity contribution in [3.05, 3.63) is 89.5 Å². The van der Waals surface area contributed by atoms with E-state index in [4.69, 9.17) is 9.47 Å². The number of fused-ring (bicyclic) bond motifs is 1. The largest absolute Gasteiger partial charge is 0.465 e. The number of carbonyl (C=O) groups excluding carboxylic acids is 2. The summed E-state index contributed by atoms with van der Waals surface area (Å²) in [7, 11) is 0. The molecule has 0 aliphatic carbocycles. The molecular formula is C23H19NO4. The Labute approximate surface area is 162 Å². The van der Waals surface area contributed by atoms with Gasteiger partial charge >= 0.3 is 5.97 Å². The molecule has 1 aliphatic heterocycles. The molecule has 0 spiro atoms. The Balaban J connectivity index is 1.87. The average molecular weight is 373 g/mol. The molecule has 1 unspecified atom stereocenters. The van der Waals surface area contributed by atoms with Crippen molar-refractivity contribution in [3.63, 3.8) is 0 Å². The van der Waals surface area contributed by atoms with Gasteiger partial charge in [-0.05, 0) is 36.8 Å². The zero-order chi connectivity index (χ0) is 19.7. The molecule has 3 aromatic carbocycles. The Hall–Kier alpha value is -3.60. The lowest BCUT2D eigenvalue weighted by Gasteiger charge is -2.28. The summed E-state index contributed by atoms with van der Waals surface area (Å²) in [5, 5.41) is 2.73. The van der Waals surface area contributed by atoms with Crippen LogP contribution in [-0.4, -0.2) is 11.9 Å². The molecule has 1 atom stereocenters. The Morgan fingerprint density at radius 3 is 2.36 bits per heavy atom. The van der Waals surface area contributed by atoms with Crippen molar-refractivity contribution in [2.45, 2.75) is 19.4 Å². The molecule has 140 valence electrons. The number of rotatable bonds is 4. The van der Waals surface area contributed by atoms with Crippen LogP contribution in [0.2, 0.25) is 0 Å². The normalized spacial score (nSPS) is 17.6. The fraction of sp³-hybridized carbons (Fsp3) is 0.130. The standard InChI is InChI=1S/C23H19NO4/c1-15-7-3-5-9-20(15)28-23(17-11-13-18(14-12-17)24-16(2)25)19-8-4-6-10-21(19)27-22(23)26/h3-14H,1-2H3,(H,24,25). The molecular weight excluding hydrogens is 354 g/mol. The van der Waals surface area contributed by atoms with Crippen LogP contribution >= 0.6 is 0 Å². The molecule has 1 amide bonds. The van der Waals surface area contributed by atoms with Gasteiger partial charge in [0.05, 0.1) is 5.56 Å². The monoisotopic (exact) mass is 373 g/mol. The van der Waals surface area contributed by atoms with Gasteiger partial charge in [0.1, 0.15) is 11.5 Å². The quantitative estimate of drug-likeness (QED) is 0.550. The van der Waals surface area contributed by atoms with Gasteiger partial charge in [-0.3, -0.25) is 4.79 Å².